The Hall–Kier alpha value is -1.64. The summed E-state index contributed by atoms with van der Waals surface area (Å²) in [5.41, 5.74) is 9.85. The van der Waals surface area contributed by atoms with Gasteiger partial charge in [0.25, 0.3) is 5.91 Å². The summed E-state index contributed by atoms with van der Waals surface area (Å²) in [4.78, 5) is 14.9. The molecular formula is C34H57BrN4O4. The number of nitrogens with one attached hydrogen (secondary N) is 1. The lowest BCUT2D eigenvalue weighted by molar-refractivity contribution is -0.248. The maximum atomic E-state index is 12.2. The fourth-order valence-electron chi connectivity index (χ4n) is 6.04. The van der Waals surface area contributed by atoms with Gasteiger partial charge in [-0.15, -0.1) is 0 Å². The zero-order valence-corrected chi connectivity index (χ0v) is 29.4. The third-order valence-corrected chi connectivity index (χ3v) is 11.0. The van der Waals surface area contributed by atoms with Gasteiger partial charge in [-0.05, 0) is 78.5 Å². The molecular weight excluding hydrogens is 608 g/mol. The molecule has 244 valence electrons. The summed E-state index contributed by atoms with van der Waals surface area (Å²) in [6, 6.07) is 7.14. The topological polar surface area (TPSA) is 106 Å². The smallest absolute Gasteiger partial charge is 0.251 e. The van der Waals surface area contributed by atoms with E-state index in [1.165, 1.54) is 0 Å². The second kappa shape index (κ2) is 19.7. The first-order valence-electron chi connectivity index (χ1n) is 16.5. The molecule has 1 aromatic rings. The lowest BCUT2D eigenvalue weighted by atomic mass is 9.78. The standard InChI is InChI=1S/C24H38N4O3.C10H19BrO/c1-5-22-18(3)17(2)19(4)24(31-22)30-15-9-7-6-8-14-26-23(29)21-12-10-20(11-13-21)16-27-28-25;1-5-9-7(3)6(2)8(4)10(11)12-9/h10-13,17-19,22,24H,5-9,14-16H2,1-4H3,(H,26,29);6-10H,5H2,1-4H3/t17-,18-,19?,22?,24+;6-,7-,8?,9?,10-/m00/s1. The number of azide groups is 1. The molecule has 2 saturated heterocycles. The van der Waals surface area contributed by atoms with Crippen LogP contribution < -0.4 is 5.32 Å². The van der Waals surface area contributed by atoms with Crippen molar-refractivity contribution >= 4 is 21.8 Å². The number of amides is 1. The van der Waals surface area contributed by atoms with Crippen LogP contribution in [0, 0.1) is 35.5 Å². The van der Waals surface area contributed by atoms with Crippen molar-refractivity contribution in [3.8, 4) is 0 Å². The number of carbonyl (C=O) groups is 1. The Balaban J connectivity index is 0.000000448. The van der Waals surface area contributed by atoms with Crippen molar-refractivity contribution in [3.05, 3.63) is 45.8 Å². The van der Waals surface area contributed by atoms with Gasteiger partial charge in [0.05, 0.1) is 18.8 Å². The molecule has 9 heteroatoms. The van der Waals surface area contributed by atoms with E-state index in [4.69, 9.17) is 19.7 Å². The molecule has 2 heterocycles. The van der Waals surface area contributed by atoms with Crippen molar-refractivity contribution in [2.45, 2.75) is 124 Å². The van der Waals surface area contributed by atoms with E-state index < -0.39 is 0 Å². The molecule has 0 saturated carbocycles. The van der Waals surface area contributed by atoms with Crippen molar-refractivity contribution in [2.24, 2.45) is 40.6 Å². The number of benzene rings is 1. The first-order valence-corrected chi connectivity index (χ1v) is 17.4. The molecule has 43 heavy (non-hydrogen) atoms. The van der Waals surface area contributed by atoms with E-state index in [1.54, 1.807) is 12.1 Å². The maximum Gasteiger partial charge on any atom is 0.251 e. The summed E-state index contributed by atoms with van der Waals surface area (Å²) < 4.78 is 18.1. The highest BCUT2D eigenvalue weighted by Gasteiger charge is 2.39. The van der Waals surface area contributed by atoms with Crippen LogP contribution in [0.5, 0.6) is 0 Å². The molecule has 1 amide bonds. The van der Waals surface area contributed by atoms with E-state index in [1.807, 2.05) is 12.1 Å². The van der Waals surface area contributed by atoms with Crippen LogP contribution in [-0.4, -0.2) is 42.6 Å². The number of halogens is 1. The molecule has 10 atom stereocenters. The molecule has 8 nitrogen and oxygen atoms in total. The van der Waals surface area contributed by atoms with Crippen molar-refractivity contribution < 1.29 is 19.0 Å². The molecule has 2 aliphatic rings. The first-order chi connectivity index (χ1) is 20.5. The molecule has 1 N–H and O–H groups in total. The molecule has 0 aliphatic carbocycles. The number of rotatable bonds is 13. The highest BCUT2D eigenvalue weighted by atomic mass is 79.9. The summed E-state index contributed by atoms with van der Waals surface area (Å²) in [5.74, 6) is 3.60. The molecule has 0 aromatic heterocycles. The third kappa shape index (κ3) is 11.7. The molecule has 4 unspecified atom stereocenters. The van der Waals surface area contributed by atoms with Gasteiger partial charge in [0.2, 0.25) is 0 Å². The van der Waals surface area contributed by atoms with Gasteiger partial charge < -0.3 is 19.5 Å². The Morgan fingerprint density at radius 1 is 0.860 bits per heavy atom. The van der Waals surface area contributed by atoms with Crippen LogP contribution in [0.25, 0.3) is 10.4 Å². The van der Waals surface area contributed by atoms with Gasteiger partial charge in [-0.25, -0.2) is 0 Å². The number of ether oxygens (including phenoxy) is 3. The van der Waals surface area contributed by atoms with E-state index >= 15 is 0 Å². The van der Waals surface area contributed by atoms with Gasteiger partial charge in [0, 0.05) is 29.5 Å². The predicted molar refractivity (Wildman–Crippen MR) is 178 cm³/mol. The molecule has 0 radical (unpaired) electrons. The Labute approximate surface area is 269 Å². The fourth-order valence-corrected chi connectivity index (χ4v) is 6.80. The first kappa shape index (κ1) is 37.5. The van der Waals surface area contributed by atoms with E-state index in [-0.39, 0.29) is 17.2 Å². The quantitative estimate of drug-likeness (QED) is 0.0745. The van der Waals surface area contributed by atoms with E-state index in [0.29, 0.717) is 60.5 Å². The number of unbranched alkanes of at least 4 members (excludes halogenated alkanes) is 3. The fraction of sp³-hybridized carbons (Fsp3) is 0.794. The Kier molecular flexibility index (Phi) is 17.2. The second-order valence-electron chi connectivity index (χ2n) is 12.7. The van der Waals surface area contributed by atoms with Gasteiger partial charge >= 0.3 is 0 Å². The van der Waals surface area contributed by atoms with Crippen LogP contribution in [0.3, 0.4) is 0 Å². The summed E-state index contributed by atoms with van der Waals surface area (Å²) >= 11 is 3.58. The van der Waals surface area contributed by atoms with E-state index in [0.717, 1.165) is 56.6 Å². The van der Waals surface area contributed by atoms with Crippen LogP contribution in [-0.2, 0) is 20.8 Å². The van der Waals surface area contributed by atoms with Crippen molar-refractivity contribution in [2.75, 3.05) is 13.2 Å². The minimum absolute atomic E-state index is 0.0732. The Morgan fingerprint density at radius 2 is 1.44 bits per heavy atom. The zero-order chi connectivity index (χ0) is 31.9. The lowest BCUT2D eigenvalue weighted by Crippen LogP contribution is -2.45. The van der Waals surface area contributed by atoms with Gasteiger partial charge in [-0.2, -0.15) is 0 Å². The minimum Gasteiger partial charge on any atom is -0.363 e. The number of carbonyl (C=O) groups excluding carboxylic acids is 1. The lowest BCUT2D eigenvalue weighted by Gasteiger charge is -2.43. The molecule has 2 fully saturated rings. The van der Waals surface area contributed by atoms with Crippen LogP contribution in [0.4, 0.5) is 0 Å². The zero-order valence-electron chi connectivity index (χ0n) is 27.8. The second-order valence-corrected chi connectivity index (χ2v) is 13.6. The number of alkyl halides is 1. The molecule has 1 aromatic carbocycles. The SMILES string of the molecule is CCC1O[C@@H](OCCCCCCNC(=O)c2ccc(CN=[N+]=[N-])cc2)C(C)[C@@H](C)[C@@H]1C.CCC1O[C@H](Br)C(C)[C@@H](C)[C@@H]1C. The van der Waals surface area contributed by atoms with Crippen molar-refractivity contribution in [3.63, 3.8) is 0 Å². The summed E-state index contributed by atoms with van der Waals surface area (Å²) in [6.45, 7) is 19.8. The molecule has 3 rings (SSSR count). The summed E-state index contributed by atoms with van der Waals surface area (Å²) in [7, 11) is 0. The average molecular weight is 666 g/mol. The number of hydrogen-bond acceptors (Lipinski definition) is 5. The summed E-state index contributed by atoms with van der Waals surface area (Å²) in [6.07, 6.45) is 6.90. The predicted octanol–water partition coefficient (Wildman–Crippen LogP) is 9.27. The van der Waals surface area contributed by atoms with E-state index in [2.05, 4.69) is 86.7 Å². The van der Waals surface area contributed by atoms with Crippen LogP contribution >= 0.6 is 15.9 Å². The Morgan fingerprint density at radius 3 is 2.05 bits per heavy atom. The van der Waals surface area contributed by atoms with Crippen LogP contribution in [0.15, 0.2) is 29.4 Å². The third-order valence-electron chi connectivity index (χ3n) is 9.92. The van der Waals surface area contributed by atoms with Crippen molar-refractivity contribution in [1.82, 2.24) is 5.32 Å². The number of nitrogens with zero attached hydrogens (tertiary/aromatic N) is 3. The molecule has 0 spiro atoms. The van der Waals surface area contributed by atoms with Gasteiger partial charge in [0.15, 0.2) is 6.29 Å². The highest BCUT2D eigenvalue weighted by molar-refractivity contribution is 9.09. The monoisotopic (exact) mass is 664 g/mol. The highest BCUT2D eigenvalue weighted by Crippen LogP contribution is 2.38. The van der Waals surface area contributed by atoms with Crippen LogP contribution in [0.1, 0.15) is 110 Å². The average Bonchev–Trinajstić information content (AvgIpc) is 3.02. The van der Waals surface area contributed by atoms with Gasteiger partial charge in [-0.1, -0.05) is 101 Å². The molecule has 2 aliphatic heterocycles. The van der Waals surface area contributed by atoms with Crippen molar-refractivity contribution in [1.29, 1.82) is 0 Å². The number of hydrogen-bond donors (Lipinski definition) is 1. The summed E-state index contributed by atoms with van der Waals surface area (Å²) in [5, 5.41) is 6.73. The van der Waals surface area contributed by atoms with Crippen LogP contribution in [0.2, 0.25) is 0 Å². The molecule has 0 bridgehead atoms. The van der Waals surface area contributed by atoms with Gasteiger partial charge in [0.1, 0.15) is 5.01 Å². The van der Waals surface area contributed by atoms with Gasteiger partial charge in [-0.3, -0.25) is 4.79 Å². The van der Waals surface area contributed by atoms with E-state index in [9.17, 15) is 4.79 Å². The minimum atomic E-state index is -0.0893. The Bertz CT molecular complexity index is 982. The maximum absolute atomic E-state index is 12.2. The normalized spacial score (nSPS) is 32.2. The largest absolute Gasteiger partial charge is 0.363 e.